The molecule has 3 rings (SSSR count). The van der Waals surface area contributed by atoms with Crippen molar-refractivity contribution in [1.82, 2.24) is 25.3 Å². The topological polar surface area (TPSA) is 69.8 Å². The van der Waals surface area contributed by atoms with Crippen LogP contribution in [0.4, 0.5) is 0 Å². The lowest BCUT2D eigenvalue weighted by molar-refractivity contribution is 0.172. The highest BCUT2D eigenvalue weighted by Gasteiger charge is 2.19. The molecule has 29 heavy (non-hydrogen) atoms. The third-order valence-electron chi connectivity index (χ3n) is 5.07. The normalized spacial score (nSPS) is 15.9. The number of hydrogen-bond donors (Lipinski definition) is 1. The fraction of sp³-hybridized carbons (Fsp3) is 0.591. The molecule has 0 bridgehead atoms. The first kappa shape index (κ1) is 21.3. The molecule has 2 aromatic rings. The van der Waals surface area contributed by atoms with E-state index in [-0.39, 0.29) is 0 Å². The predicted octanol–water partition coefficient (Wildman–Crippen LogP) is 2.91. The first-order valence-corrected chi connectivity index (χ1v) is 10.8. The van der Waals surface area contributed by atoms with Crippen molar-refractivity contribution >= 4 is 5.96 Å². The Morgan fingerprint density at radius 2 is 1.93 bits per heavy atom. The summed E-state index contributed by atoms with van der Waals surface area (Å²) in [5.74, 6) is 2.81. The molecule has 0 unspecified atom stereocenters. The van der Waals surface area contributed by atoms with Crippen molar-refractivity contribution in [3.63, 3.8) is 0 Å². The lowest BCUT2D eigenvalue weighted by atomic mass is 10.2. The van der Waals surface area contributed by atoms with Crippen LogP contribution in [0.2, 0.25) is 0 Å². The van der Waals surface area contributed by atoms with Gasteiger partial charge in [-0.15, -0.1) is 0 Å². The molecule has 1 aliphatic rings. The number of guanidine groups is 1. The second kappa shape index (κ2) is 11.0. The Balaban J connectivity index is 1.45. The van der Waals surface area contributed by atoms with Crippen molar-refractivity contribution in [2.45, 2.75) is 46.1 Å². The summed E-state index contributed by atoms with van der Waals surface area (Å²) >= 11 is 0. The molecule has 0 radical (unpaired) electrons. The van der Waals surface area contributed by atoms with Gasteiger partial charge in [-0.25, -0.2) is 0 Å². The molecule has 1 aromatic carbocycles. The van der Waals surface area contributed by atoms with Gasteiger partial charge in [0.2, 0.25) is 5.89 Å². The van der Waals surface area contributed by atoms with E-state index in [4.69, 9.17) is 9.52 Å². The molecule has 1 aromatic heterocycles. The molecule has 0 amide bonds. The number of aliphatic imine (C=N–C) groups is 1. The van der Waals surface area contributed by atoms with Crippen LogP contribution in [0.3, 0.4) is 0 Å². The van der Waals surface area contributed by atoms with E-state index in [0.717, 1.165) is 70.4 Å². The number of hydrogen-bond acceptors (Lipinski definition) is 5. The maximum Gasteiger partial charge on any atom is 0.226 e. The predicted molar refractivity (Wildman–Crippen MR) is 116 cm³/mol. The SMILES string of the molecule is CCNC(=NCCCc1nc(C(C)C)no1)N1CCN(Cc2ccccc2)CC1. The maximum absolute atomic E-state index is 5.32. The van der Waals surface area contributed by atoms with Crippen molar-refractivity contribution in [3.8, 4) is 0 Å². The summed E-state index contributed by atoms with van der Waals surface area (Å²) in [6, 6.07) is 10.7. The molecule has 1 fully saturated rings. The standard InChI is InChI=1S/C22H34N6O/c1-4-23-22(24-12-8-11-20-25-21(18(2)3)26-29-20)28-15-13-27(14-16-28)17-19-9-6-5-7-10-19/h5-7,9-10,18H,4,8,11-17H2,1-3H3,(H,23,24). The van der Waals surface area contributed by atoms with Crippen molar-refractivity contribution < 1.29 is 4.52 Å². The summed E-state index contributed by atoms with van der Waals surface area (Å²) in [7, 11) is 0. The molecule has 0 aliphatic carbocycles. The van der Waals surface area contributed by atoms with Gasteiger partial charge >= 0.3 is 0 Å². The molecule has 7 nitrogen and oxygen atoms in total. The fourth-order valence-electron chi connectivity index (χ4n) is 3.40. The summed E-state index contributed by atoms with van der Waals surface area (Å²) in [5.41, 5.74) is 1.38. The summed E-state index contributed by atoms with van der Waals surface area (Å²) in [6.07, 6.45) is 1.68. The van der Waals surface area contributed by atoms with Crippen LogP contribution in [0, 0.1) is 0 Å². The van der Waals surface area contributed by atoms with Gasteiger partial charge in [-0.3, -0.25) is 9.89 Å². The Bertz CT molecular complexity index is 750. The molecule has 0 saturated carbocycles. The lowest BCUT2D eigenvalue weighted by Gasteiger charge is -2.36. The number of aromatic nitrogens is 2. The number of nitrogens with zero attached hydrogens (tertiary/aromatic N) is 5. The molecular formula is C22H34N6O. The van der Waals surface area contributed by atoms with Crippen LogP contribution in [-0.4, -0.2) is 65.2 Å². The summed E-state index contributed by atoms with van der Waals surface area (Å²) in [4.78, 5) is 14.1. The molecule has 0 spiro atoms. The van der Waals surface area contributed by atoms with Gasteiger partial charge < -0.3 is 14.7 Å². The van der Waals surface area contributed by atoms with E-state index in [1.807, 2.05) is 0 Å². The Hall–Kier alpha value is -2.41. The Kier molecular flexibility index (Phi) is 8.04. The third-order valence-corrected chi connectivity index (χ3v) is 5.07. The summed E-state index contributed by atoms with van der Waals surface area (Å²) in [6.45, 7) is 13.0. The molecule has 158 valence electrons. The van der Waals surface area contributed by atoms with Crippen LogP contribution in [0.25, 0.3) is 0 Å². The highest BCUT2D eigenvalue weighted by Crippen LogP contribution is 2.11. The second-order valence-corrected chi connectivity index (χ2v) is 7.79. The molecule has 2 heterocycles. The van der Waals surface area contributed by atoms with E-state index in [9.17, 15) is 0 Å². The molecular weight excluding hydrogens is 364 g/mol. The number of nitrogens with one attached hydrogen (secondary N) is 1. The zero-order chi connectivity index (χ0) is 20.5. The van der Waals surface area contributed by atoms with Crippen LogP contribution in [0.5, 0.6) is 0 Å². The van der Waals surface area contributed by atoms with Gasteiger partial charge in [-0.2, -0.15) is 4.98 Å². The maximum atomic E-state index is 5.32. The van der Waals surface area contributed by atoms with E-state index in [0.29, 0.717) is 11.8 Å². The van der Waals surface area contributed by atoms with E-state index in [1.165, 1.54) is 5.56 Å². The summed E-state index contributed by atoms with van der Waals surface area (Å²) in [5, 5.41) is 7.46. The third kappa shape index (κ3) is 6.56. The van der Waals surface area contributed by atoms with Gasteiger partial charge in [0.1, 0.15) is 0 Å². The van der Waals surface area contributed by atoms with Gasteiger partial charge in [-0.1, -0.05) is 49.3 Å². The number of rotatable bonds is 8. The lowest BCUT2D eigenvalue weighted by Crippen LogP contribution is -2.52. The molecule has 0 atom stereocenters. The first-order chi connectivity index (χ1) is 14.2. The Morgan fingerprint density at radius 1 is 1.17 bits per heavy atom. The summed E-state index contributed by atoms with van der Waals surface area (Å²) < 4.78 is 5.32. The van der Waals surface area contributed by atoms with Crippen LogP contribution < -0.4 is 5.32 Å². The second-order valence-electron chi connectivity index (χ2n) is 7.79. The quantitative estimate of drug-likeness (QED) is 0.419. The van der Waals surface area contributed by atoms with Gasteiger partial charge in [0, 0.05) is 58.2 Å². The Labute approximate surface area is 174 Å². The molecule has 1 N–H and O–H groups in total. The minimum absolute atomic E-state index is 0.298. The van der Waals surface area contributed by atoms with Crippen LogP contribution in [-0.2, 0) is 13.0 Å². The zero-order valence-corrected chi connectivity index (χ0v) is 18.0. The van der Waals surface area contributed by atoms with Gasteiger partial charge in [0.15, 0.2) is 11.8 Å². The largest absolute Gasteiger partial charge is 0.357 e. The number of aryl methyl sites for hydroxylation is 1. The van der Waals surface area contributed by atoms with Crippen LogP contribution in [0.15, 0.2) is 39.8 Å². The van der Waals surface area contributed by atoms with Crippen LogP contribution >= 0.6 is 0 Å². The molecule has 1 aliphatic heterocycles. The number of benzene rings is 1. The number of piperazine rings is 1. The molecule has 1 saturated heterocycles. The monoisotopic (exact) mass is 398 g/mol. The Morgan fingerprint density at radius 3 is 2.59 bits per heavy atom. The van der Waals surface area contributed by atoms with E-state index < -0.39 is 0 Å². The van der Waals surface area contributed by atoms with E-state index in [2.05, 4.69) is 76.4 Å². The average Bonchev–Trinajstić information content (AvgIpc) is 3.21. The van der Waals surface area contributed by atoms with Gasteiger partial charge in [-0.05, 0) is 18.9 Å². The smallest absolute Gasteiger partial charge is 0.226 e. The highest BCUT2D eigenvalue weighted by atomic mass is 16.5. The first-order valence-electron chi connectivity index (χ1n) is 10.8. The molecule has 7 heteroatoms. The van der Waals surface area contributed by atoms with Crippen molar-refractivity contribution in [2.75, 3.05) is 39.3 Å². The zero-order valence-electron chi connectivity index (χ0n) is 18.0. The van der Waals surface area contributed by atoms with Gasteiger partial charge in [0.25, 0.3) is 0 Å². The van der Waals surface area contributed by atoms with E-state index >= 15 is 0 Å². The minimum atomic E-state index is 0.298. The minimum Gasteiger partial charge on any atom is -0.357 e. The van der Waals surface area contributed by atoms with Crippen molar-refractivity contribution in [1.29, 1.82) is 0 Å². The highest BCUT2D eigenvalue weighted by molar-refractivity contribution is 5.80. The van der Waals surface area contributed by atoms with Gasteiger partial charge in [0.05, 0.1) is 0 Å². The van der Waals surface area contributed by atoms with Crippen molar-refractivity contribution in [2.24, 2.45) is 4.99 Å². The van der Waals surface area contributed by atoms with E-state index in [1.54, 1.807) is 0 Å². The average molecular weight is 399 g/mol. The van der Waals surface area contributed by atoms with Crippen LogP contribution in [0.1, 0.15) is 50.4 Å². The fourth-order valence-corrected chi connectivity index (χ4v) is 3.40. The van der Waals surface area contributed by atoms with Crippen molar-refractivity contribution in [3.05, 3.63) is 47.6 Å².